The van der Waals surface area contributed by atoms with Crippen molar-refractivity contribution in [2.75, 3.05) is 6.54 Å². The van der Waals surface area contributed by atoms with Crippen LogP contribution in [0.2, 0.25) is 0 Å². The van der Waals surface area contributed by atoms with Gasteiger partial charge in [-0.3, -0.25) is 0 Å². The molecular formula is C13H15NO2. The average molecular weight is 217 g/mol. The van der Waals surface area contributed by atoms with Crippen LogP contribution in [0.3, 0.4) is 0 Å². The summed E-state index contributed by atoms with van der Waals surface area (Å²) in [6.45, 7) is 1.26. The van der Waals surface area contributed by atoms with Gasteiger partial charge in [0.05, 0.1) is 0 Å². The number of carbonyl (C=O) groups excluding carboxylic acids is 1. The highest BCUT2D eigenvalue weighted by molar-refractivity contribution is 5.69. The second-order valence-corrected chi connectivity index (χ2v) is 4.59. The SMILES string of the molecule is O=C(OCc1ccccc1)N1CC[C@H]2C[C@@H]21. The number of hydrogen-bond donors (Lipinski definition) is 0. The summed E-state index contributed by atoms with van der Waals surface area (Å²) < 4.78 is 5.30. The second kappa shape index (κ2) is 3.81. The maximum atomic E-state index is 11.8. The molecule has 3 rings (SSSR count). The highest BCUT2D eigenvalue weighted by Gasteiger charge is 2.49. The fourth-order valence-corrected chi connectivity index (χ4v) is 2.42. The molecule has 2 atom stereocenters. The van der Waals surface area contributed by atoms with E-state index in [2.05, 4.69) is 0 Å². The molecule has 3 heteroatoms. The summed E-state index contributed by atoms with van der Waals surface area (Å²) in [4.78, 5) is 13.6. The molecule has 0 aromatic heterocycles. The topological polar surface area (TPSA) is 29.5 Å². The molecule has 1 aliphatic heterocycles. The highest BCUT2D eigenvalue weighted by atomic mass is 16.6. The minimum atomic E-state index is -0.145. The van der Waals surface area contributed by atoms with Crippen LogP contribution in [0.15, 0.2) is 30.3 Å². The summed E-state index contributed by atoms with van der Waals surface area (Å²) in [5, 5.41) is 0. The molecule has 0 spiro atoms. The van der Waals surface area contributed by atoms with Crippen molar-refractivity contribution in [3.8, 4) is 0 Å². The molecule has 1 aromatic carbocycles. The number of piperidine rings is 1. The van der Waals surface area contributed by atoms with E-state index < -0.39 is 0 Å². The number of amides is 1. The van der Waals surface area contributed by atoms with Gasteiger partial charge >= 0.3 is 6.09 Å². The first-order valence-electron chi connectivity index (χ1n) is 5.82. The number of nitrogens with zero attached hydrogens (tertiary/aromatic N) is 1. The normalized spacial score (nSPS) is 26.4. The van der Waals surface area contributed by atoms with Crippen molar-refractivity contribution in [3.05, 3.63) is 35.9 Å². The van der Waals surface area contributed by atoms with Gasteiger partial charge in [0.2, 0.25) is 0 Å². The van der Waals surface area contributed by atoms with E-state index in [1.54, 1.807) is 0 Å². The monoisotopic (exact) mass is 217 g/mol. The molecule has 1 aliphatic carbocycles. The van der Waals surface area contributed by atoms with Crippen molar-refractivity contribution < 1.29 is 9.53 Å². The Balaban J connectivity index is 1.53. The molecule has 2 fully saturated rings. The lowest BCUT2D eigenvalue weighted by molar-refractivity contribution is 0.0990. The Kier molecular flexibility index (Phi) is 2.31. The van der Waals surface area contributed by atoms with Gasteiger partial charge in [0.1, 0.15) is 6.61 Å². The van der Waals surface area contributed by atoms with Gasteiger partial charge in [-0.05, 0) is 24.3 Å². The number of fused-ring (bicyclic) bond motifs is 1. The molecule has 3 nitrogen and oxygen atoms in total. The van der Waals surface area contributed by atoms with E-state index in [4.69, 9.17) is 4.74 Å². The average Bonchev–Trinajstić information content (AvgIpc) is 2.99. The number of likely N-dealkylation sites (tertiary alicyclic amines) is 1. The van der Waals surface area contributed by atoms with Gasteiger partial charge in [0, 0.05) is 12.6 Å². The zero-order valence-electron chi connectivity index (χ0n) is 9.13. The highest BCUT2D eigenvalue weighted by Crippen LogP contribution is 2.44. The predicted octanol–water partition coefficient (Wildman–Crippen LogP) is 2.42. The predicted molar refractivity (Wildman–Crippen MR) is 59.8 cm³/mol. The molecule has 1 amide bonds. The van der Waals surface area contributed by atoms with E-state index >= 15 is 0 Å². The van der Waals surface area contributed by atoms with E-state index in [0.717, 1.165) is 24.4 Å². The van der Waals surface area contributed by atoms with Crippen LogP contribution in [0.25, 0.3) is 0 Å². The number of rotatable bonds is 2. The molecule has 1 saturated heterocycles. The number of hydrogen-bond acceptors (Lipinski definition) is 2. The second-order valence-electron chi connectivity index (χ2n) is 4.59. The Morgan fingerprint density at radius 1 is 1.38 bits per heavy atom. The first kappa shape index (κ1) is 9.70. The van der Waals surface area contributed by atoms with Gasteiger partial charge < -0.3 is 9.64 Å². The molecule has 0 unspecified atom stereocenters. The largest absolute Gasteiger partial charge is 0.445 e. The lowest BCUT2D eigenvalue weighted by Gasteiger charge is -2.17. The summed E-state index contributed by atoms with van der Waals surface area (Å²) in [5.41, 5.74) is 1.04. The molecule has 1 saturated carbocycles. The Morgan fingerprint density at radius 3 is 2.81 bits per heavy atom. The Bertz CT molecular complexity index is 390. The molecule has 0 radical (unpaired) electrons. The van der Waals surface area contributed by atoms with E-state index in [9.17, 15) is 4.79 Å². The number of ether oxygens (including phenoxy) is 1. The molecule has 0 N–H and O–H groups in total. The van der Waals surface area contributed by atoms with Crippen LogP contribution < -0.4 is 0 Å². The smallest absolute Gasteiger partial charge is 0.410 e. The zero-order valence-corrected chi connectivity index (χ0v) is 9.13. The van der Waals surface area contributed by atoms with E-state index in [1.165, 1.54) is 6.42 Å². The van der Waals surface area contributed by atoms with E-state index in [-0.39, 0.29) is 6.09 Å². The molecule has 16 heavy (non-hydrogen) atoms. The van der Waals surface area contributed by atoms with Gasteiger partial charge in [0.25, 0.3) is 0 Å². The van der Waals surface area contributed by atoms with Gasteiger partial charge in [-0.2, -0.15) is 0 Å². The maximum Gasteiger partial charge on any atom is 0.410 e. The molecule has 2 aliphatic rings. The molecule has 0 bridgehead atoms. The van der Waals surface area contributed by atoms with Crippen molar-refractivity contribution >= 4 is 6.09 Å². The quantitative estimate of drug-likeness (QED) is 0.761. The van der Waals surface area contributed by atoms with Crippen LogP contribution >= 0.6 is 0 Å². The first-order chi connectivity index (χ1) is 7.84. The molecular weight excluding hydrogens is 202 g/mol. The lowest BCUT2D eigenvalue weighted by Crippen LogP contribution is -2.31. The molecule has 1 aromatic rings. The third-order valence-electron chi connectivity index (χ3n) is 3.47. The summed E-state index contributed by atoms with van der Waals surface area (Å²) in [6, 6.07) is 10.3. The van der Waals surface area contributed by atoms with Crippen molar-refractivity contribution in [2.24, 2.45) is 5.92 Å². The van der Waals surface area contributed by atoms with Crippen LogP contribution in [0, 0.1) is 5.92 Å². The van der Waals surface area contributed by atoms with Crippen LogP contribution in [0.1, 0.15) is 18.4 Å². The van der Waals surface area contributed by atoms with Crippen LogP contribution in [-0.2, 0) is 11.3 Å². The first-order valence-corrected chi connectivity index (χ1v) is 5.82. The van der Waals surface area contributed by atoms with Crippen molar-refractivity contribution in [1.29, 1.82) is 0 Å². The van der Waals surface area contributed by atoms with Crippen molar-refractivity contribution in [1.82, 2.24) is 4.90 Å². The van der Waals surface area contributed by atoms with Gasteiger partial charge in [-0.25, -0.2) is 4.79 Å². The lowest BCUT2D eigenvalue weighted by atomic mass is 10.2. The van der Waals surface area contributed by atoms with E-state index in [1.807, 2.05) is 35.2 Å². The summed E-state index contributed by atoms with van der Waals surface area (Å²) in [7, 11) is 0. The minimum Gasteiger partial charge on any atom is -0.445 e. The van der Waals surface area contributed by atoms with Crippen molar-refractivity contribution in [3.63, 3.8) is 0 Å². The Labute approximate surface area is 95.0 Å². The van der Waals surface area contributed by atoms with Crippen LogP contribution in [0.5, 0.6) is 0 Å². The number of carbonyl (C=O) groups is 1. The number of benzene rings is 1. The van der Waals surface area contributed by atoms with Gasteiger partial charge in [-0.1, -0.05) is 30.3 Å². The standard InChI is InChI=1S/C13H15NO2/c15-13(14-7-6-11-8-12(11)14)16-9-10-4-2-1-3-5-10/h1-5,11-12H,6-9H2/t11-,12-/m0/s1. The van der Waals surface area contributed by atoms with Crippen LogP contribution in [-0.4, -0.2) is 23.6 Å². The third kappa shape index (κ3) is 1.77. The fraction of sp³-hybridized carbons (Fsp3) is 0.462. The maximum absolute atomic E-state index is 11.8. The minimum absolute atomic E-state index is 0.145. The summed E-state index contributed by atoms with van der Waals surface area (Å²) >= 11 is 0. The Hall–Kier alpha value is -1.51. The van der Waals surface area contributed by atoms with Crippen LogP contribution in [0.4, 0.5) is 4.79 Å². The molecule has 1 heterocycles. The third-order valence-corrected chi connectivity index (χ3v) is 3.47. The fourth-order valence-electron chi connectivity index (χ4n) is 2.42. The van der Waals surface area contributed by atoms with Gasteiger partial charge in [0.15, 0.2) is 0 Å². The van der Waals surface area contributed by atoms with E-state index in [0.29, 0.717) is 12.6 Å². The van der Waals surface area contributed by atoms with Gasteiger partial charge in [-0.15, -0.1) is 0 Å². The summed E-state index contributed by atoms with van der Waals surface area (Å²) in [6.07, 6.45) is 2.19. The summed E-state index contributed by atoms with van der Waals surface area (Å²) in [5.74, 6) is 0.768. The Morgan fingerprint density at radius 2 is 2.19 bits per heavy atom. The molecule has 84 valence electrons. The van der Waals surface area contributed by atoms with Crippen molar-refractivity contribution in [2.45, 2.75) is 25.5 Å². The zero-order chi connectivity index (χ0) is 11.0.